The average Bonchev–Trinajstić information content (AvgIpc) is 3.12. The molecule has 0 radical (unpaired) electrons. The Hall–Kier alpha value is -3.56. The second-order valence-electron chi connectivity index (χ2n) is 5.95. The lowest BCUT2D eigenvalue weighted by Gasteiger charge is -2.10. The number of fused-ring (bicyclic) bond motifs is 1. The molecule has 8 nitrogen and oxygen atoms in total. The molecule has 0 aliphatic carbocycles. The molecular weight excluding hydrogens is 378 g/mol. The molecule has 2 aromatic heterocycles. The van der Waals surface area contributed by atoms with E-state index in [9.17, 15) is 13.6 Å². The van der Waals surface area contributed by atoms with Crippen molar-refractivity contribution in [1.82, 2.24) is 15.2 Å². The number of pyridine rings is 1. The summed E-state index contributed by atoms with van der Waals surface area (Å²) in [7, 11) is 0. The van der Waals surface area contributed by atoms with E-state index in [1.807, 2.05) is 30.3 Å². The van der Waals surface area contributed by atoms with Crippen LogP contribution in [0.25, 0.3) is 22.0 Å². The Balaban J connectivity index is 1.63. The van der Waals surface area contributed by atoms with Gasteiger partial charge in [-0.1, -0.05) is 18.2 Å². The highest BCUT2D eigenvalue weighted by Gasteiger charge is 2.15. The summed E-state index contributed by atoms with van der Waals surface area (Å²) in [6.07, 6.45) is 3.45. The largest absolute Gasteiger partial charge is 0.755 e. The zero-order chi connectivity index (χ0) is 19.5. The maximum Gasteiger partial charge on any atom is 0.276 e. The van der Waals surface area contributed by atoms with Crippen LogP contribution in [0.15, 0.2) is 67.0 Å². The number of benzene rings is 2. The van der Waals surface area contributed by atoms with Crippen molar-refractivity contribution in [2.45, 2.75) is 0 Å². The Kier molecular flexibility index (Phi) is 4.83. The SMILES string of the molecule is O=C(Nc1cccc(NS(=O)[O-])c1)c1n[nH]c2ccc(-c3cccnc3)cc12. The van der Waals surface area contributed by atoms with Crippen molar-refractivity contribution in [3.63, 3.8) is 0 Å². The van der Waals surface area contributed by atoms with Crippen LogP contribution >= 0.6 is 0 Å². The van der Waals surface area contributed by atoms with Crippen molar-refractivity contribution in [2.24, 2.45) is 0 Å². The highest BCUT2D eigenvalue weighted by atomic mass is 32.2. The smallest absolute Gasteiger partial charge is 0.276 e. The maximum absolute atomic E-state index is 12.7. The van der Waals surface area contributed by atoms with Crippen molar-refractivity contribution < 1.29 is 13.6 Å². The lowest BCUT2D eigenvalue weighted by Crippen LogP contribution is -2.13. The first-order valence-corrected chi connectivity index (χ1v) is 9.33. The number of aromatic nitrogens is 3. The van der Waals surface area contributed by atoms with Crippen LogP contribution in [-0.2, 0) is 11.3 Å². The first-order chi connectivity index (χ1) is 13.6. The number of aromatic amines is 1. The van der Waals surface area contributed by atoms with Crippen LogP contribution in [0.3, 0.4) is 0 Å². The Morgan fingerprint density at radius 2 is 1.89 bits per heavy atom. The number of carbonyl (C=O) groups excluding carboxylic acids is 1. The van der Waals surface area contributed by atoms with Crippen LogP contribution in [0.1, 0.15) is 10.5 Å². The third-order valence-corrected chi connectivity index (χ3v) is 4.50. The molecule has 0 aliphatic heterocycles. The Morgan fingerprint density at radius 1 is 1.04 bits per heavy atom. The number of H-pyrrole nitrogens is 1. The fourth-order valence-electron chi connectivity index (χ4n) is 2.85. The lowest BCUT2D eigenvalue weighted by atomic mass is 10.0. The monoisotopic (exact) mass is 392 g/mol. The minimum Gasteiger partial charge on any atom is -0.755 e. The van der Waals surface area contributed by atoms with Crippen molar-refractivity contribution in [3.8, 4) is 11.1 Å². The van der Waals surface area contributed by atoms with E-state index >= 15 is 0 Å². The molecule has 140 valence electrons. The van der Waals surface area contributed by atoms with Gasteiger partial charge in [-0.2, -0.15) is 5.10 Å². The van der Waals surface area contributed by atoms with Crippen LogP contribution in [0, 0.1) is 0 Å². The number of carbonyl (C=O) groups is 1. The predicted octanol–water partition coefficient (Wildman–Crippen LogP) is 3.08. The molecule has 0 aliphatic rings. The van der Waals surface area contributed by atoms with Crippen molar-refractivity contribution in [2.75, 3.05) is 10.0 Å². The number of anilines is 2. The summed E-state index contributed by atoms with van der Waals surface area (Å²) in [6, 6.07) is 15.8. The van der Waals surface area contributed by atoms with Gasteiger partial charge in [0.2, 0.25) is 0 Å². The fraction of sp³-hybridized carbons (Fsp3) is 0. The summed E-state index contributed by atoms with van der Waals surface area (Å²) in [5.41, 5.74) is 3.61. The molecule has 4 aromatic rings. The average molecular weight is 392 g/mol. The second-order valence-corrected chi connectivity index (χ2v) is 6.62. The van der Waals surface area contributed by atoms with Gasteiger partial charge in [0, 0.05) is 46.0 Å². The molecule has 0 bridgehead atoms. The van der Waals surface area contributed by atoms with E-state index < -0.39 is 17.2 Å². The van der Waals surface area contributed by atoms with Crippen LogP contribution in [-0.4, -0.2) is 29.9 Å². The van der Waals surface area contributed by atoms with Gasteiger partial charge in [-0.05, 0) is 42.0 Å². The molecule has 3 N–H and O–H groups in total. The van der Waals surface area contributed by atoms with Gasteiger partial charge in [-0.25, -0.2) is 0 Å². The number of rotatable bonds is 5. The van der Waals surface area contributed by atoms with Crippen LogP contribution in [0.5, 0.6) is 0 Å². The zero-order valence-electron chi connectivity index (χ0n) is 14.4. The number of amides is 1. The lowest BCUT2D eigenvalue weighted by molar-refractivity contribution is 0.102. The number of hydrogen-bond donors (Lipinski definition) is 3. The van der Waals surface area contributed by atoms with Gasteiger partial charge >= 0.3 is 0 Å². The summed E-state index contributed by atoms with van der Waals surface area (Å²) in [6.45, 7) is 0. The normalized spacial score (nSPS) is 11.9. The van der Waals surface area contributed by atoms with Gasteiger partial charge in [0.15, 0.2) is 5.69 Å². The minimum absolute atomic E-state index is 0.242. The zero-order valence-corrected chi connectivity index (χ0v) is 15.2. The summed E-state index contributed by atoms with van der Waals surface area (Å²) < 4.78 is 23.8. The summed E-state index contributed by atoms with van der Waals surface area (Å²) in [5.74, 6) is -0.407. The van der Waals surface area contributed by atoms with E-state index in [0.717, 1.165) is 16.6 Å². The standard InChI is InChI=1S/C19H15N5O3S/c25-19(21-14-4-1-5-15(10-14)24-28(26)27)18-16-9-12(6-7-17(16)22-23-18)13-3-2-8-20-11-13/h1-11,24H,(H,21,25)(H,22,23)(H,26,27)/p-1. The van der Waals surface area contributed by atoms with Gasteiger partial charge in [0.25, 0.3) is 5.91 Å². The topological polar surface area (TPSA) is 123 Å². The van der Waals surface area contributed by atoms with E-state index in [1.165, 1.54) is 6.07 Å². The molecule has 4 rings (SSSR count). The predicted molar refractivity (Wildman–Crippen MR) is 106 cm³/mol. The Bertz CT molecular complexity index is 1180. The summed E-state index contributed by atoms with van der Waals surface area (Å²) in [5, 5.41) is 10.4. The molecular formula is C19H14N5O3S-. The molecule has 0 spiro atoms. The summed E-state index contributed by atoms with van der Waals surface area (Å²) in [4.78, 5) is 16.8. The van der Waals surface area contributed by atoms with Crippen molar-refractivity contribution >= 4 is 39.5 Å². The molecule has 0 saturated heterocycles. The van der Waals surface area contributed by atoms with Gasteiger partial charge in [-0.3, -0.25) is 19.1 Å². The molecule has 1 atom stereocenters. The first kappa shape index (κ1) is 17.8. The van der Waals surface area contributed by atoms with Crippen LogP contribution in [0.2, 0.25) is 0 Å². The van der Waals surface area contributed by atoms with Gasteiger partial charge < -0.3 is 14.6 Å². The Morgan fingerprint density at radius 3 is 2.68 bits per heavy atom. The Labute approximate surface area is 162 Å². The third-order valence-electron chi connectivity index (χ3n) is 4.09. The number of nitrogens with one attached hydrogen (secondary N) is 3. The molecule has 28 heavy (non-hydrogen) atoms. The molecule has 0 saturated carbocycles. The molecule has 2 heterocycles. The fourth-order valence-corrected chi connectivity index (χ4v) is 3.17. The van der Waals surface area contributed by atoms with Crippen LogP contribution in [0.4, 0.5) is 11.4 Å². The molecule has 2 aromatic carbocycles. The quantitative estimate of drug-likeness (QED) is 0.450. The highest BCUT2D eigenvalue weighted by molar-refractivity contribution is 7.80. The van der Waals surface area contributed by atoms with Gasteiger partial charge in [0.05, 0.1) is 5.52 Å². The first-order valence-electron chi connectivity index (χ1n) is 8.26. The minimum atomic E-state index is -2.44. The highest BCUT2D eigenvalue weighted by Crippen LogP contribution is 2.25. The van der Waals surface area contributed by atoms with Crippen LogP contribution < -0.4 is 10.0 Å². The second kappa shape index (κ2) is 7.59. The maximum atomic E-state index is 12.7. The number of nitrogens with zero attached hydrogens (tertiary/aromatic N) is 2. The van der Waals surface area contributed by atoms with E-state index in [2.05, 4.69) is 25.2 Å². The van der Waals surface area contributed by atoms with E-state index in [4.69, 9.17) is 0 Å². The van der Waals surface area contributed by atoms with Crippen molar-refractivity contribution in [3.05, 3.63) is 72.7 Å². The summed E-state index contributed by atoms with van der Waals surface area (Å²) >= 11 is -2.44. The third kappa shape index (κ3) is 3.75. The van der Waals surface area contributed by atoms with E-state index in [-0.39, 0.29) is 5.69 Å². The van der Waals surface area contributed by atoms with Gasteiger partial charge in [0.1, 0.15) is 0 Å². The van der Waals surface area contributed by atoms with Gasteiger partial charge in [-0.15, -0.1) is 0 Å². The van der Waals surface area contributed by atoms with E-state index in [0.29, 0.717) is 16.8 Å². The molecule has 9 heteroatoms. The van der Waals surface area contributed by atoms with Crippen molar-refractivity contribution in [1.29, 1.82) is 0 Å². The molecule has 1 unspecified atom stereocenters. The number of hydrogen-bond acceptors (Lipinski definition) is 5. The van der Waals surface area contributed by atoms with E-state index in [1.54, 1.807) is 30.6 Å². The molecule has 1 amide bonds. The molecule has 0 fully saturated rings.